The molecule has 0 spiro atoms. The number of hydrogen-bond acceptors (Lipinski definition) is 7. The molecule has 0 unspecified atom stereocenters. The lowest BCUT2D eigenvalue weighted by Gasteiger charge is -2.23. The van der Waals surface area contributed by atoms with E-state index in [4.69, 9.17) is 9.47 Å². The van der Waals surface area contributed by atoms with Crippen LogP contribution < -0.4 is 14.2 Å². The van der Waals surface area contributed by atoms with Crippen LogP contribution in [0.4, 0.5) is 5.69 Å². The van der Waals surface area contributed by atoms with Gasteiger partial charge in [0.2, 0.25) is 10.0 Å². The molecule has 1 aromatic heterocycles. The number of methoxy groups -OCH3 is 2. The van der Waals surface area contributed by atoms with Crippen molar-refractivity contribution in [2.24, 2.45) is 5.10 Å². The second-order valence-electron chi connectivity index (χ2n) is 7.46. The van der Waals surface area contributed by atoms with Gasteiger partial charge in [0, 0.05) is 17.7 Å². The first kappa shape index (κ1) is 22.8. The largest absolute Gasteiger partial charge is 0.497 e. The summed E-state index contributed by atoms with van der Waals surface area (Å²) in [6.45, 7) is 0. The van der Waals surface area contributed by atoms with Crippen LogP contribution in [-0.2, 0) is 10.0 Å². The van der Waals surface area contributed by atoms with Crippen molar-refractivity contribution >= 4 is 38.7 Å². The fourth-order valence-corrected chi connectivity index (χ4v) is 4.91. The third kappa shape index (κ3) is 5.01. The quantitative estimate of drug-likeness (QED) is 0.543. The van der Waals surface area contributed by atoms with Crippen molar-refractivity contribution < 1.29 is 22.7 Å². The predicted molar refractivity (Wildman–Crippen MR) is 129 cm³/mol. The van der Waals surface area contributed by atoms with Gasteiger partial charge in [-0.05, 0) is 47.3 Å². The van der Waals surface area contributed by atoms with Gasteiger partial charge in [0.1, 0.15) is 11.5 Å². The molecule has 10 heteroatoms. The molecular formula is C23H23N3O5S2. The Morgan fingerprint density at radius 2 is 1.94 bits per heavy atom. The Morgan fingerprint density at radius 3 is 2.61 bits per heavy atom. The van der Waals surface area contributed by atoms with E-state index in [-0.39, 0.29) is 5.91 Å². The SMILES string of the molecule is COc1ccc(OC)c([C@@H]2CC(c3cccc(NS(C)(=O)=O)c3)=NN2C(=O)c2cccs2)c1. The third-order valence-electron chi connectivity index (χ3n) is 5.15. The van der Waals surface area contributed by atoms with Crippen LogP contribution >= 0.6 is 11.3 Å². The summed E-state index contributed by atoms with van der Waals surface area (Å²) >= 11 is 1.35. The van der Waals surface area contributed by atoms with E-state index in [0.717, 1.165) is 17.4 Å². The van der Waals surface area contributed by atoms with Gasteiger partial charge in [-0.1, -0.05) is 18.2 Å². The molecule has 1 N–H and O–H groups in total. The standard InChI is InChI=1S/C23H23N3O5S2/c1-30-17-9-10-21(31-2)18(13-17)20-14-19(24-26(20)23(27)22-8-5-11-32-22)15-6-4-7-16(12-15)25-33(3,28)29/h4-13,20,25H,14H2,1-3H3/t20-/m0/s1. The van der Waals surface area contributed by atoms with Gasteiger partial charge in [-0.3, -0.25) is 9.52 Å². The molecule has 0 fully saturated rings. The van der Waals surface area contributed by atoms with E-state index in [9.17, 15) is 13.2 Å². The van der Waals surface area contributed by atoms with E-state index in [1.165, 1.54) is 16.3 Å². The number of nitrogens with one attached hydrogen (secondary N) is 1. The molecule has 0 saturated carbocycles. The second kappa shape index (κ2) is 9.24. The number of anilines is 1. The lowest BCUT2D eigenvalue weighted by atomic mass is 9.97. The molecule has 1 aliphatic rings. The third-order valence-corrected chi connectivity index (χ3v) is 6.61. The van der Waals surface area contributed by atoms with Crippen LogP contribution in [-0.4, -0.2) is 45.5 Å². The van der Waals surface area contributed by atoms with Gasteiger partial charge >= 0.3 is 0 Å². The van der Waals surface area contributed by atoms with Crippen molar-refractivity contribution in [1.29, 1.82) is 0 Å². The molecule has 0 saturated heterocycles. The van der Waals surface area contributed by atoms with E-state index in [0.29, 0.717) is 34.2 Å². The summed E-state index contributed by atoms with van der Waals surface area (Å²) in [5.74, 6) is 1.04. The Morgan fingerprint density at radius 1 is 1.12 bits per heavy atom. The molecule has 1 atom stereocenters. The fraction of sp³-hybridized carbons (Fsp3) is 0.217. The molecule has 0 radical (unpaired) electrons. The van der Waals surface area contributed by atoms with Gasteiger partial charge in [0.25, 0.3) is 5.91 Å². The number of sulfonamides is 1. The van der Waals surface area contributed by atoms with Crippen molar-refractivity contribution in [2.75, 3.05) is 25.2 Å². The highest BCUT2D eigenvalue weighted by atomic mass is 32.2. The Balaban J connectivity index is 1.77. The summed E-state index contributed by atoms with van der Waals surface area (Å²) in [5.41, 5.74) is 2.58. The Labute approximate surface area is 196 Å². The van der Waals surface area contributed by atoms with Crippen LogP contribution in [0, 0.1) is 0 Å². The van der Waals surface area contributed by atoms with Crippen molar-refractivity contribution in [3.05, 3.63) is 76.0 Å². The highest BCUT2D eigenvalue weighted by Gasteiger charge is 2.36. The average Bonchev–Trinajstić information content (AvgIpc) is 3.48. The number of carbonyl (C=O) groups excluding carboxylic acids is 1. The zero-order valence-electron chi connectivity index (χ0n) is 18.3. The highest BCUT2D eigenvalue weighted by Crippen LogP contribution is 2.40. The number of nitrogens with zero attached hydrogens (tertiary/aromatic N) is 2. The van der Waals surface area contributed by atoms with E-state index < -0.39 is 16.1 Å². The molecule has 1 aliphatic heterocycles. The van der Waals surface area contributed by atoms with Crippen LogP contribution in [0.5, 0.6) is 11.5 Å². The Hall–Kier alpha value is -3.37. The van der Waals surface area contributed by atoms with Gasteiger partial charge in [-0.2, -0.15) is 5.10 Å². The van der Waals surface area contributed by atoms with Crippen LogP contribution in [0.1, 0.15) is 33.3 Å². The van der Waals surface area contributed by atoms with Gasteiger partial charge in [0.15, 0.2) is 0 Å². The lowest BCUT2D eigenvalue weighted by Crippen LogP contribution is -2.26. The molecule has 2 heterocycles. The minimum atomic E-state index is -3.43. The zero-order valence-corrected chi connectivity index (χ0v) is 19.9. The zero-order chi connectivity index (χ0) is 23.6. The summed E-state index contributed by atoms with van der Waals surface area (Å²) in [6.07, 6.45) is 1.52. The smallest absolute Gasteiger partial charge is 0.284 e. The van der Waals surface area contributed by atoms with E-state index in [2.05, 4.69) is 9.82 Å². The Bertz CT molecular complexity index is 1300. The molecule has 1 amide bonds. The minimum absolute atomic E-state index is 0.222. The highest BCUT2D eigenvalue weighted by molar-refractivity contribution is 7.92. The van der Waals surface area contributed by atoms with Crippen molar-refractivity contribution in [2.45, 2.75) is 12.5 Å². The van der Waals surface area contributed by atoms with Gasteiger partial charge in [-0.25, -0.2) is 13.4 Å². The number of amides is 1. The minimum Gasteiger partial charge on any atom is -0.497 e. The number of rotatable bonds is 7. The van der Waals surface area contributed by atoms with Crippen LogP contribution in [0.2, 0.25) is 0 Å². The first-order valence-electron chi connectivity index (χ1n) is 10.0. The number of thiophene rings is 1. The second-order valence-corrected chi connectivity index (χ2v) is 10.2. The summed E-state index contributed by atoms with van der Waals surface area (Å²) < 4.78 is 36.8. The number of ether oxygens (including phenoxy) is 2. The number of hydrazone groups is 1. The van der Waals surface area contributed by atoms with Crippen molar-refractivity contribution in [3.63, 3.8) is 0 Å². The van der Waals surface area contributed by atoms with Crippen molar-refractivity contribution in [3.8, 4) is 11.5 Å². The maximum absolute atomic E-state index is 13.3. The maximum Gasteiger partial charge on any atom is 0.284 e. The van der Waals surface area contributed by atoms with Crippen LogP contribution in [0.25, 0.3) is 0 Å². The first-order chi connectivity index (χ1) is 15.8. The monoisotopic (exact) mass is 485 g/mol. The number of benzene rings is 2. The molecule has 3 aromatic rings. The molecule has 0 aliphatic carbocycles. The van der Waals surface area contributed by atoms with E-state index in [1.54, 1.807) is 50.6 Å². The summed E-state index contributed by atoms with van der Waals surface area (Å²) in [7, 11) is -0.268. The summed E-state index contributed by atoms with van der Waals surface area (Å²) in [4.78, 5) is 13.9. The number of carbonyl (C=O) groups is 1. The van der Waals surface area contributed by atoms with E-state index >= 15 is 0 Å². The molecule has 172 valence electrons. The summed E-state index contributed by atoms with van der Waals surface area (Å²) in [5, 5.41) is 7.98. The van der Waals surface area contributed by atoms with Crippen LogP contribution in [0.3, 0.4) is 0 Å². The van der Waals surface area contributed by atoms with Gasteiger partial charge in [0.05, 0.1) is 37.1 Å². The molecule has 2 aromatic carbocycles. The predicted octanol–water partition coefficient (Wildman–Crippen LogP) is 4.13. The molecule has 4 rings (SSSR count). The van der Waals surface area contributed by atoms with Crippen LogP contribution in [0.15, 0.2) is 65.1 Å². The van der Waals surface area contributed by atoms with Gasteiger partial charge < -0.3 is 9.47 Å². The number of hydrogen-bond donors (Lipinski definition) is 1. The lowest BCUT2D eigenvalue weighted by molar-refractivity contribution is 0.0714. The average molecular weight is 486 g/mol. The maximum atomic E-state index is 13.3. The van der Waals surface area contributed by atoms with E-state index in [1.807, 2.05) is 23.6 Å². The Kier molecular flexibility index (Phi) is 6.39. The molecule has 33 heavy (non-hydrogen) atoms. The first-order valence-corrected chi connectivity index (χ1v) is 12.8. The van der Waals surface area contributed by atoms with Crippen molar-refractivity contribution in [1.82, 2.24) is 5.01 Å². The topological polar surface area (TPSA) is 97.3 Å². The molecule has 0 bridgehead atoms. The normalized spacial score (nSPS) is 15.8. The fourth-order valence-electron chi connectivity index (χ4n) is 3.70. The molecular weight excluding hydrogens is 462 g/mol. The summed E-state index contributed by atoms with van der Waals surface area (Å²) in [6, 6.07) is 15.6. The van der Waals surface area contributed by atoms with Gasteiger partial charge in [-0.15, -0.1) is 11.3 Å². The molecule has 8 nitrogen and oxygen atoms in total.